The molecule has 3 aromatic carbocycles. The van der Waals surface area contributed by atoms with Gasteiger partial charge in [-0.25, -0.2) is 0 Å². The lowest BCUT2D eigenvalue weighted by molar-refractivity contribution is -0.121. The smallest absolute Gasteiger partial charge is 0.220 e. The van der Waals surface area contributed by atoms with Gasteiger partial charge in [-0.05, 0) is 48.7 Å². The number of benzene rings is 3. The van der Waals surface area contributed by atoms with Crippen molar-refractivity contribution in [1.29, 1.82) is 0 Å². The number of hydrogen-bond donors (Lipinski definition) is 1. The van der Waals surface area contributed by atoms with Gasteiger partial charge in [-0.3, -0.25) is 4.79 Å². The highest BCUT2D eigenvalue weighted by atomic mass is 16.5. The van der Waals surface area contributed by atoms with Gasteiger partial charge in [0.05, 0.1) is 26.4 Å². The number of amides is 1. The second-order valence-electron chi connectivity index (χ2n) is 7.02. The Morgan fingerprint density at radius 3 is 2.10 bits per heavy atom. The fourth-order valence-electron chi connectivity index (χ4n) is 3.29. The van der Waals surface area contributed by atoms with Crippen molar-refractivity contribution in [1.82, 2.24) is 5.32 Å². The van der Waals surface area contributed by atoms with Crippen molar-refractivity contribution >= 4 is 5.91 Å². The Bertz CT molecular complexity index is 941. The highest BCUT2D eigenvalue weighted by molar-refractivity contribution is 5.77. The summed E-state index contributed by atoms with van der Waals surface area (Å²) in [6.07, 6.45) is 0.979. The molecule has 5 heteroatoms. The van der Waals surface area contributed by atoms with Crippen LogP contribution < -0.4 is 19.5 Å². The molecule has 1 unspecified atom stereocenters. The van der Waals surface area contributed by atoms with Crippen LogP contribution in [0.1, 0.15) is 36.9 Å². The summed E-state index contributed by atoms with van der Waals surface area (Å²) >= 11 is 0. The molecule has 0 saturated heterocycles. The summed E-state index contributed by atoms with van der Waals surface area (Å²) in [6, 6.07) is 25.1. The maximum absolute atomic E-state index is 12.7. The first-order chi connectivity index (χ1) is 15.2. The predicted molar refractivity (Wildman–Crippen MR) is 122 cm³/mol. The molecule has 0 spiro atoms. The molecule has 1 atom stereocenters. The molecule has 0 aromatic heterocycles. The highest BCUT2D eigenvalue weighted by Gasteiger charge is 2.17. The molecule has 0 radical (unpaired) electrons. The maximum Gasteiger partial charge on any atom is 0.220 e. The van der Waals surface area contributed by atoms with Crippen molar-refractivity contribution in [2.24, 2.45) is 0 Å². The third-order valence-corrected chi connectivity index (χ3v) is 4.84. The van der Waals surface area contributed by atoms with E-state index >= 15 is 0 Å². The molecule has 1 amide bonds. The van der Waals surface area contributed by atoms with E-state index in [1.54, 1.807) is 7.11 Å². The molecule has 0 aliphatic rings. The topological polar surface area (TPSA) is 56.8 Å². The average molecular weight is 420 g/mol. The molecule has 0 fully saturated rings. The molecule has 0 aliphatic heterocycles. The van der Waals surface area contributed by atoms with Crippen LogP contribution in [0, 0.1) is 0 Å². The van der Waals surface area contributed by atoms with Gasteiger partial charge in [-0.1, -0.05) is 54.6 Å². The molecule has 1 N–H and O–H groups in total. The van der Waals surface area contributed by atoms with E-state index in [1.165, 1.54) is 0 Å². The molecule has 0 aliphatic carbocycles. The van der Waals surface area contributed by atoms with Crippen LogP contribution in [0.25, 0.3) is 0 Å². The van der Waals surface area contributed by atoms with Crippen LogP contribution >= 0.6 is 0 Å². The summed E-state index contributed by atoms with van der Waals surface area (Å²) in [5.74, 6) is 2.18. The summed E-state index contributed by atoms with van der Waals surface area (Å²) in [5, 5.41) is 3.16. The van der Waals surface area contributed by atoms with Crippen LogP contribution in [0.3, 0.4) is 0 Å². The number of carbonyl (C=O) groups is 1. The number of carbonyl (C=O) groups excluding carboxylic acids is 1. The number of methoxy groups -OCH3 is 1. The Labute approximate surface area is 184 Å². The Balaban J connectivity index is 1.58. The Morgan fingerprint density at radius 1 is 0.839 bits per heavy atom. The molecule has 162 valence electrons. The zero-order chi connectivity index (χ0) is 21.9. The SMILES string of the molecule is CCOc1ccccc1OCCCC(=O)NC(c1ccccc1)c1ccc(OC)cc1. The van der Waals surface area contributed by atoms with Crippen LogP contribution in [-0.2, 0) is 4.79 Å². The minimum Gasteiger partial charge on any atom is -0.497 e. The third kappa shape index (κ3) is 6.51. The first-order valence-corrected chi connectivity index (χ1v) is 10.5. The van der Waals surface area contributed by atoms with Crippen LogP contribution in [0.5, 0.6) is 17.2 Å². The summed E-state index contributed by atoms with van der Waals surface area (Å²) in [7, 11) is 1.64. The Hall–Kier alpha value is -3.47. The van der Waals surface area contributed by atoms with E-state index in [0.29, 0.717) is 31.8 Å². The lowest BCUT2D eigenvalue weighted by Gasteiger charge is -2.20. The van der Waals surface area contributed by atoms with Gasteiger partial charge in [0, 0.05) is 6.42 Å². The largest absolute Gasteiger partial charge is 0.497 e. The van der Waals surface area contributed by atoms with Crippen molar-refractivity contribution in [3.05, 3.63) is 90.0 Å². The van der Waals surface area contributed by atoms with Gasteiger partial charge in [0.1, 0.15) is 5.75 Å². The van der Waals surface area contributed by atoms with E-state index in [4.69, 9.17) is 14.2 Å². The maximum atomic E-state index is 12.7. The molecule has 3 rings (SSSR count). The number of ether oxygens (including phenoxy) is 3. The third-order valence-electron chi connectivity index (χ3n) is 4.84. The van der Waals surface area contributed by atoms with Crippen molar-refractivity contribution < 1.29 is 19.0 Å². The van der Waals surface area contributed by atoms with Crippen LogP contribution in [0.15, 0.2) is 78.9 Å². The zero-order valence-electron chi connectivity index (χ0n) is 18.0. The quantitative estimate of drug-likeness (QED) is 0.436. The second kappa shape index (κ2) is 11.6. The monoisotopic (exact) mass is 419 g/mol. The minimum atomic E-state index is -0.223. The second-order valence-corrected chi connectivity index (χ2v) is 7.02. The van der Waals surface area contributed by atoms with Crippen LogP contribution in [0.2, 0.25) is 0 Å². The molecular formula is C26H29NO4. The summed E-state index contributed by atoms with van der Waals surface area (Å²) in [6.45, 7) is 2.96. The normalized spacial score (nSPS) is 11.4. The van der Waals surface area contributed by atoms with Crippen molar-refractivity contribution in [3.63, 3.8) is 0 Å². The fourth-order valence-corrected chi connectivity index (χ4v) is 3.29. The molecule has 0 bridgehead atoms. The molecule has 5 nitrogen and oxygen atoms in total. The van der Waals surface area contributed by atoms with Gasteiger partial charge in [-0.15, -0.1) is 0 Å². The van der Waals surface area contributed by atoms with Crippen LogP contribution in [-0.4, -0.2) is 26.2 Å². The molecular weight excluding hydrogens is 390 g/mol. The lowest BCUT2D eigenvalue weighted by atomic mass is 9.98. The van der Waals surface area contributed by atoms with Crippen molar-refractivity contribution in [2.45, 2.75) is 25.8 Å². The molecule has 3 aromatic rings. The summed E-state index contributed by atoms with van der Waals surface area (Å²) < 4.78 is 16.6. The van der Waals surface area contributed by atoms with E-state index in [-0.39, 0.29) is 11.9 Å². The minimum absolute atomic E-state index is 0.0219. The van der Waals surface area contributed by atoms with Crippen LogP contribution in [0.4, 0.5) is 0 Å². The fraction of sp³-hybridized carbons (Fsp3) is 0.269. The van der Waals surface area contributed by atoms with Gasteiger partial charge in [0.2, 0.25) is 5.91 Å². The Kier molecular flexibility index (Phi) is 8.35. The predicted octanol–water partition coefficient (Wildman–Crippen LogP) is 5.16. The summed E-state index contributed by atoms with van der Waals surface area (Å²) in [5.41, 5.74) is 2.03. The van der Waals surface area contributed by atoms with Crippen molar-refractivity contribution in [3.8, 4) is 17.2 Å². The van der Waals surface area contributed by atoms with E-state index in [0.717, 1.165) is 22.6 Å². The number of para-hydroxylation sites is 2. The average Bonchev–Trinajstić information content (AvgIpc) is 2.82. The van der Waals surface area contributed by atoms with Crippen molar-refractivity contribution in [2.75, 3.05) is 20.3 Å². The zero-order valence-corrected chi connectivity index (χ0v) is 18.0. The first kappa shape index (κ1) is 22.2. The van der Waals surface area contributed by atoms with E-state index in [9.17, 15) is 4.79 Å². The van der Waals surface area contributed by atoms with Gasteiger partial charge < -0.3 is 19.5 Å². The Morgan fingerprint density at radius 2 is 1.45 bits per heavy atom. The number of rotatable bonds is 11. The van der Waals surface area contributed by atoms with E-state index < -0.39 is 0 Å². The summed E-state index contributed by atoms with van der Waals surface area (Å²) in [4.78, 5) is 12.7. The molecule has 0 saturated carbocycles. The van der Waals surface area contributed by atoms with Gasteiger partial charge in [0.25, 0.3) is 0 Å². The van der Waals surface area contributed by atoms with E-state index in [1.807, 2.05) is 85.8 Å². The highest BCUT2D eigenvalue weighted by Crippen LogP contribution is 2.27. The number of hydrogen-bond acceptors (Lipinski definition) is 4. The number of nitrogens with one attached hydrogen (secondary N) is 1. The molecule has 0 heterocycles. The van der Waals surface area contributed by atoms with E-state index in [2.05, 4.69) is 5.32 Å². The van der Waals surface area contributed by atoms with Gasteiger partial charge >= 0.3 is 0 Å². The van der Waals surface area contributed by atoms with Gasteiger partial charge in [0.15, 0.2) is 11.5 Å². The van der Waals surface area contributed by atoms with Gasteiger partial charge in [-0.2, -0.15) is 0 Å². The lowest BCUT2D eigenvalue weighted by Crippen LogP contribution is -2.29. The standard InChI is InChI=1S/C26H29NO4/c1-3-30-23-12-7-8-13-24(23)31-19-9-14-25(28)27-26(20-10-5-4-6-11-20)21-15-17-22(29-2)18-16-21/h4-8,10-13,15-18,26H,3,9,14,19H2,1-2H3,(H,27,28). The first-order valence-electron chi connectivity index (χ1n) is 10.5. The molecule has 31 heavy (non-hydrogen) atoms.